The Morgan fingerprint density at radius 3 is 2.90 bits per heavy atom. The number of hydrogen-bond donors (Lipinski definition) is 1. The molecule has 4 heterocycles. The molecule has 0 saturated heterocycles. The lowest BCUT2D eigenvalue weighted by molar-refractivity contribution is 0.0696. The second-order valence-corrected chi connectivity index (χ2v) is 6.27. The van der Waals surface area contributed by atoms with Crippen molar-refractivity contribution in [2.24, 2.45) is 0 Å². The van der Waals surface area contributed by atoms with Crippen LogP contribution in [0.4, 0.5) is 0 Å². The molecule has 4 rings (SSSR count). The zero-order chi connectivity index (χ0) is 13.7. The summed E-state index contributed by atoms with van der Waals surface area (Å²) in [5.41, 5.74) is 0.860. The molecule has 1 N–H and O–H groups in total. The molecule has 4 aromatic rings. The van der Waals surface area contributed by atoms with Crippen LogP contribution in [-0.2, 0) is 0 Å². The van der Waals surface area contributed by atoms with Gasteiger partial charge in [0.05, 0.1) is 10.4 Å². The van der Waals surface area contributed by atoms with Gasteiger partial charge in [0.25, 0.3) is 0 Å². The first-order chi connectivity index (χ1) is 9.72. The van der Waals surface area contributed by atoms with Gasteiger partial charge in [-0.25, -0.2) is 4.79 Å². The Balaban J connectivity index is 1.96. The summed E-state index contributed by atoms with van der Waals surface area (Å²) >= 11 is 3.31. The van der Waals surface area contributed by atoms with E-state index >= 15 is 0 Å². The van der Waals surface area contributed by atoms with Gasteiger partial charge in [0, 0.05) is 15.6 Å². The fourth-order valence-electron chi connectivity index (χ4n) is 2.06. The molecule has 98 valence electrons. The molecular formula is C13H7N3O2S2. The van der Waals surface area contributed by atoms with Crippen molar-refractivity contribution < 1.29 is 9.90 Å². The quantitative estimate of drug-likeness (QED) is 0.616. The lowest BCUT2D eigenvalue weighted by Gasteiger charge is -1.98. The molecule has 0 fully saturated rings. The van der Waals surface area contributed by atoms with E-state index in [-0.39, 0.29) is 5.56 Å². The van der Waals surface area contributed by atoms with Crippen LogP contribution in [0.5, 0.6) is 0 Å². The van der Waals surface area contributed by atoms with Crippen molar-refractivity contribution in [2.45, 2.75) is 0 Å². The summed E-state index contributed by atoms with van der Waals surface area (Å²) in [6, 6.07) is 7.33. The van der Waals surface area contributed by atoms with Crippen LogP contribution < -0.4 is 0 Å². The maximum absolute atomic E-state index is 11.1. The van der Waals surface area contributed by atoms with E-state index in [9.17, 15) is 4.79 Å². The SMILES string of the molecule is O=C(O)c1ccc2nnc(-c3cc4sccc4s3)n2c1. The molecule has 0 saturated carbocycles. The van der Waals surface area contributed by atoms with E-state index in [1.165, 1.54) is 15.5 Å². The van der Waals surface area contributed by atoms with Gasteiger partial charge in [-0.05, 0) is 29.6 Å². The van der Waals surface area contributed by atoms with Gasteiger partial charge in [-0.3, -0.25) is 4.40 Å². The van der Waals surface area contributed by atoms with Crippen molar-refractivity contribution in [1.82, 2.24) is 14.6 Å². The highest BCUT2D eigenvalue weighted by Crippen LogP contribution is 2.35. The molecule has 0 aliphatic heterocycles. The first kappa shape index (κ1) is 11.6. The van der Waals surface area contributed by atoms with Crippen LogP contribution in [0.25, 0.3) is 25.7 Å². The monoisotopic (exact) mass is 301 g/mol. The second kappa shape index (κ2) is 4.12. The van der Waals surface area contributed by atoms with Crippen LogP contribution in [0.2, 0.25) is 0 Å². The van der Waals surface area contributed by atoms with Gasteiger partial charge in [0.2, 0.25) is 0 Å². The Morgan fingerprint density at radius 1 is 1.20 bits per heavy atom. The fourth-order valence-corrected chi connectivity index (χ4v) is 4.15. The number of carboxylic acid groups (broad SMARTS) is 1. The van der Waals surface area contributed by atoms with Crippen LogP contribution >= 0.6 is 22.7 Å². The van der Waals surface area contributed by atoms with Gasteiger partial charge in [-0.1, -0.05) is 0 Å². The molecule has 0 atom stereocenters. The molecular weight excluding hydrogens is 294 g/mol. The van der Waals surface area contributed by atoms with E-state index in [0.717, 1.165) is 4.88 Å². The highest BCUT2D eigenvalue weighted by Gasteiger charge is 2.13. The maximum Gasteiger partial charge on any atom is 0.337 e. The second-order valence-electron chi connectivity index (χ2n) is 4.23. The van der Waals surface area contributed by atoms with Crippen molar-refractivity contribution in [3.8, 4) is 10.7 Å². The number of aromatic nitrogens is 3. The third-order valence-corrected chi connectivity index (χ3v) is 5.10. The summed E-state index contributed by atoms with van der Waals surface area (Å²) < 4.78 is 4.13. The van der Waals surface area contributed by atoms with Crippen molar-refractivity contribution in [2.75, 3.05) is 0 Å². The maximum atomic E-state index is 11.1. The molecule has 0 aliphatic carbocycles. The topological polar surface area (TPSA) is 67.5 Å². The molecule has 0 spiro atoms. The Bertz CT molecular complexity index is 922. The lowest BCUT2D eigenvalue weighted by Crippen LogP contribution is -1.99. The van der Waals surface area contributed by atoms with Crippen LogP contribution in [0.1, 0.15) is 10.4 Å². The van der Waals surface area contributed by atoms with Crippen molar-refractivity contribution in [3.05, 3.63) is 41.4 Å². The summed E-state index contributed by atoms with van der Waals surface area (Å²) in [5.74, 6) is -0.282. The molecule has 4 aromatic heterocycles. The van der Waals surface area contributed by atoms with E-state index in [1.807, 2.05) is 0 Å². The normalized spacial score (nSPS) is 11.4. The third-order valence-electron chi connectivity index (χ3n) is 3.01. The number of thiophene rings is 2. The van der Waals surface area contributed by atoms with Gasteiger partial charge in [-0.15, -0.1) is 32.9 Å². The molecule has 0 amide bonds. The summed E-state index contributed by atoms with van der Waals surface area (Å²) in [5, 5.41) is 19.4. The predicted molar refractivity (Wildman–Crippen MR) is 78.6 cm³/mol. The predicted octanol–water partition coefficient (Wildman–Crippen LogP) is 3.37. The minimum atomic E-state index is -0.960. The Kier molecular flexibility index (Phi) is 2.38. The first-order valence-corrected chi connectivity index (χ1v) is 7.47. The smallest absolute Gasteiger partial charge is 0.337 e. The standard InChI is InChI=1S/C13H7N3O2S2/c17-13(18)7-1-2-11-14-15-12(16(11)6-7)10-5-9-8(20-10)3-4-19-9/h1-6H,(H,17,18). The Hall–Kier alpha value is -2.25. The fraction of sp³-hybridized carbons (Fsp3) is 0. The summed E-state index contributed by atoms with van der Waals surface area (Å²) in [6.45, 7) is 0. The van der Waals surface area contributed by atoms with E-state index in [4.69, 9.17) is 5.11 Å². The number of hydrogen-bond acceptors (Lipinski definition) is 5. The van der Waals surface area contributed by atoms with Gasteiger partial charge in [0.1, 0.15) is 0 Å². The van der Waals surface area contributed by atoms with Gasteiger partial charge in [-0.2, -0.15) is 0 Å². The molecule has 20 heavy (non-hydrogen) atoms. The van der Waals surface area contributed by atoms with Crippen LogP contribution in [-0.4, -0.2) is 25.7 Å². The third kappa shape index (κ3) is 1.64. The Morgan fingerprint density at radius 2 is 2.10 bits per heavy atom. The van der Waals surface area contributed by atoms with Gasteiger partial charge >= 0.3 is 5.97 Å². The molecule has 0 unspecified atom stereocenters. The number of aromatic carboxylic acids is 1. The van der Waals surface area contributed by atoms with Crippen molar-refractivity contribution in [1.29, 1.82) is 0 Å². The Labute approximate surface area is 120 Å². The highest BCUT2D eigenvalue weighted by molar-refractivity contribution is 7.28. The average molecular weight is 301 g/mol. The zero-order valence-electron chi connectivity index (χ0n) is 9.98. The number of rotatable bonds is 2. The molecule has 5 nitrogen and oxygen atoms in total. The number of carboxylic acids is 1. The summed E-state index contributed by atoms with van der Waals surface area (Å²) in [6.07, 6.45) is 1.56. The number of pyridine rings is 1. The molecule has 0 bridgehead atoms. The van der Waals surface area contributed by atoms with Crippen molar-refractivity contribution >= 4 is 43.7 Å². The molecule has 0 aliphatic rings. The first-order valence-electron chi connectivity index (χ1n) is 5.78. The number of fused-ring (bicyclic) bond motifs is 2. The summed E-state index contributed by atoms with van der Waals surface area (Å²) in [4.78, 5) is 12.1. The average Bonchev–Trinajstić information content (AvgIpc) is 3.10. The van der Waals surface area contributed by atoms with E-state index in [1.54, 1.807) is 39.3 Å². The number of nitrogens with zero attached hydrogens (tertiary/aromatic N) is 3. The van der Waals surface area contributed by atoms with Crippen LogP contribution in [0, 0.1) is 0 Å². The minimum absolute atomic E-state index is 0.219. The van der Waals surface area contributed by atoms with Crippen LogP contribution in [0.15, 0.2) is 35.8 Å². The molecule has 7 heteroatoms. The number of carbonyl (C=O) groups is 1. The molecule has 0 radical (unpaired) electrons. The van der Waals surface area contributed by atoms with E-state index in [2.05, 4.69) is 27.7 Å². The largest absolute Gasteiger partial charge is 0.478 e. The van der Waals surface area contributed by atoms with Gasteiger partial charge < -0.3 is 5.11 Å². The molecule has 0 aromatic carbocycles. The van der Waals surface area contributed by atoms with Crippen LogP contribution in [0.3, 0.4) is 0 Å². The highest BCUT2D eigenvalue weighted by atomic mass is 32.1. The van der Waals surface area contributed by atoms with E-state index < -0.39 is 5.97 Å². The van der Waals surface area contributed by atoms with Crippen molar-refractivity contribution in [3.63, 3.8) is 0 Å². The lowest BCUT2D eigenvalue weighted by atomic mass is 10.3. The van der Waals surface area contributed by atoms with E-state index in [0.29, 0.717) is 11.5 Å². The minimum Gasteiger partial charge on any atom is -0.478 e. The summed E-state index contributed by atoms with van der Waals surface area (Å²) in [7, 11) is 0. The zero-order valence-corrected chi connectivity index (χ0v) is 11.6. The van der Waals surface area contributed by atoms with Gasteiger partial charge in [0.15, 0.2) is 11.5 Å².